The standard InChI is InChI=1S/C14H9ClF2O/c15-11-3-1-9(2-4-11)14(18)8-10-7-12(16)5-6-13(10)17/h1-7H,8H2. The van der Waals surface area contributed by atoms with Crippen molar-refractivity contribution in [1.82, 2.24) is 0 Å². The smallest absolute Gasteiger partial charge is 0.167 e. The predicted molar refractivity (Wildman–Crippen MR) is 65.8 cm³/mol. The molecule has 0 N–H and O–H groups in total. The van der Waals surface area contributed by atoms with E-state index in [1.165, 1.54) is 0 Å². The predicted octanol–water partition coefficient (Wildman–Crippen LogP) is 4.04. The van der Waals surface area contributed by atoms with Crippen LogP contribution >= 0.6 is 11.6 Å². The fourth-order valence-corrected chi connectivity index (χ4v) is 1.72. The van der Waals surface area contributed by atoms with Gasteiger partial charge in [-0.15, -0.1) is 0 Å². The summed E-state index contributed by atoms with van der Waals surface area (Å²) in [6.07, 6.45) is -0.175. The molecule has 0 saturated carbocycles. The number of Topliss-reactive ketones (excluding diaryl/α,β-unsaturated/α-hetero) is 1. The number of hydrogen-bond acceptors (Lipinski definition) is 1. The summed E-state index contributed by atoms with van der Waals surface area (Å²) in [6, 6.07) is 9.34. The van der Waals surface area contributed by atoms with Crippen molar-refractivity contribution in [3.05, 3.63) is 70.2 Å². The number of benzene rings is 2. The van der Waals surface area contributed by atoms with Gasteiger partial charge in [0, 0.05) is 17.0 Å². The zero-order valence-electron chi connectivity index (χ0n) is 9.29. The first kappa shape index (κ1) is 12.7. The quantitative estimate of drug-likeness (QED) is 0.766. The van der Waals surface area contributed by atoms with Crippen LogP contribution in [0.25, 0.3) is 0 Å². The average Bonchev–Trinajstić information content (AvgIpc) is 2.34. The minimum absolute atomic E-state index is 0.0509. The summed E-state index contributed by atoms with van der Waals surface area (Å²) in [5, 5.41) is 0.517. The SMILES string of the molecule is O=C(Cc1cc(F)ccc1F)c1ccc(Cl)cc1. The highest BCUT2D eigenvalue weighted by atomic mass is 35.5. The third-order valence-electron chi connectivity index (χ3n) is 2.52. The molecule has 18 heavy (non-hydrogen) atoms. The van der Waals surface area contributed by atoms with Gasteiger partial charge < -0.3 is 0 Å². The van der Waals surface area contributed by atoms with E-state index in [-0.39, 0.29) is 17.8 Å². The van der Waals surface area contributed by atoms with E-state index < -0.39 is 11.6 Å². The molecule has 2 aromatic carbocycles. The second kappa shape index (κ2) is 5.27. The Labute approximate surface area is 108 Å². The lowest BCUT2D eigenvalue weighted by molar-refractivity contribution is 0.0992. The van der Waals surface area contributed by atoms with Gasteiger partial charge in [-0.2, -0.15) is 0 Å². The van der Waals surface area contributed by atoms with Crippen LogP contribution in [0.1, 0.15) is 15.9 Å². The Hall–Kier alpha value is -1.74. The topological polar surface area (TPSA) is 17.1 Å². The minimum Gasteiger partial charge on any atom is -0.294 e. The van der Waals surface area contributed by atoms with E-state index >= 15 is 0 Å². The highest BCUT2D eigenvalue weighted by Gasteiger charge is 2.11. The van der Waals surface area contributed by atoms with E-state index in [0.29, 0.717) is 10.6 Å². The molecule has 0 aliphatic carbocycles. The van der Waals surface area contributed by atoms with Crippen LogP contribution in [0, 0.1) is 11.6 Å². The molecule has 2 rings (SSSR count). The maximum absolute atomic E-state index is 13.4. The highest BCUT2D eigenvalue weighted by Crippen LogP contribution is 2.15. The first-order valence-corrected chi connectivity index (χ1v) is 5.67. The van der Waals surface area contributed by atoms with Gasteiger partial charge in [0.2, 0.25) is 0 Å². The molecule has 0 aliphatic heterocycles. The first-order valence-electron chi connectivity index (χ1n) is 5.29. The summed E-state index contributed by atoms with van der Waals surface area (Å²) in [5.74, 6) is -1.43. The molecule has 1 nitrogen and oxygen atoms in total. The number of carbonyl (C=O) groups is 1. The van der Waals surface area contributed by atoms with Gasteiger partial charge in [-0.3, -0.25) is 4.79 Å². The summed E-state index contributed by atoms with van der Waals surface area (Å²) in [4.78, 5) is 11.9. The van der Waals surface area contributed by atoms with Crippen LogP contribution in [0.2, 0.25) is 5.02 Å². The number of halogens is 3. The van der Waals surface area contributed by atoms with Gasteiger partial charge in [0.15, 0.2) is 5.78 Å². The van der Waals surface area contributed by atoms with Gasteiger partial charge in [-0.1, -0.05) is 11.6 Å². The lowest BCUT2D eigenvalue weighted by Crippen LogP contribution is -2.05. The molecule has 0 aliphatic rings. The Morgan fingerprint density at radius 1 is 1.06 bits per heavy atom. The fourth-order valence-electron chi connectivity index (χ4n) is 1.59. The van der Waals surface area contributed by atoms with Crippen molar-refractivity contribution < 1.29 is 13.6 Å². The van der Waals surface area contributed by atoms with E-state index in [2.05, 4.69) is 0 Å². The molecule has 92 valence electrons. The molecular formula is C14H9ClF2O. The van der Waals surface area contributed by atoms with Crippen LogP contribution in [0.5, 0.6) is 0 Å². The average molecular weight is 267 g/mol. The second-order valence-corrected chi connectivity index (χ2v) is 4.28. The normalized spacial score (nSPS) is 10.4. The van der Waals surface area contributed by atoms with Gasteiger partial charge in [-0.05, 0) is 48.0 Å². The Morgan fingerprint density at radius 2 is 1.72 bits per heavy atom. The van der Waals surface area contributed by atoms with Gasteiger partial charge >= 0.3 is 0 Å². The van der Waals surface area contributed by atoms with E-state index in [0.717, 1.165) is 18.2 Å². The van der Waals surface area contributed by atoms with Gasteiger partial charge in [0.1, 0.15) is 11.6 Å². The number of rotatable bonds is 3. The first-order chi connectivity index (χ1) is 8.56. The minimum atomic E-state index is -0.585. The molecule has 4 heteroatoms. The van der Waals surface area contributed by atoms with Gasteiger partial charge in [0.05, 0.1) is 0 Å². The monoisotopic (exact) mass is 266 g/mol. The maximum atomic E-state index is 13.4. The molecule has 0 bridgehead atoms. The van der Waals surface area contributed by atoms with Crippen molar-refractivity contribution >= 4 is 17.4 Å². The van der Waals surface area contributed by atoms with E-state index in [1.807, 2.05) is 0 Å². The summed E-state index contributed by atoms with van der Waals surface area (Å²) in [7, 11) is 0. The van der Waals surface area contributed by atoms with Crippen LogP contribution in [0.3, 0.4) is 0 Å². The molecule has 0 saturated heterocycles. The van der Waals surface area contributed by atoms with Gasteiger partial charge in [-0.25, -0.2) is 8.78 Å². The Kier molecular flexibility index (Phi) is 3.72. The zero-order valence-corrected chi connectivity index (χ0v) is 10.0. The number of carbonyl (C=O) groups excluding carboxylic acids is 1. The van der Waals surface area contributed by atoms with Crippen molar-refractivity contribution in [2.75, 3.05) is 0 Å². The Morgan fingerprint density at radius 3 is 2.39 bits per heavy atom. The zero-order chi connectivity index (χ0) is 13.1. The molecule has 2 aromatic rings. The second-order valence-electron chi connectivity index (χ2n) is 3.84. The third-order valence-corrected chi connectivity index (χ3v) is 2.78. The maximum Gasteiger partial charge on any atom is 0.167 e. The number of ketones is 1. The van der Waals surface area contributed by atoms with Crippen LogP contribution < -0.4 is 0 Å². The van der Waals surface area contributed by atoms with Crippen molar-refractivity contribution in [2.24, 2.45) is 0 Å². The van der Waals surface area contributed by atoms with Crippen molar-refractivity contribution in [3.8, 4) is 0 Å². The van der Waals surface area contributed by atoms with Crippen LogP contribution in [0.4, 0.5) is 8.78 Å². The largest absolute Gasteiger partial charge is 0.294 e. The molecule has 0 heterocycles. The summed E-state index contributed by atoms with van der Waals surface area (Å²) < 4.78 is 26.3. The molecule has 0 spiro atoms. The van der Waals surface area contributed by atoms with Crippen LogP contribution in [-0.4, -0.2) is 5.78 Å². The molecule has 0 fully saturated rings. The lowest BCUT2D eigenvalue weighted by Gasteiger charge is -2.03. The fraction of sp³-hybridized carbons (Fsp3) is 0.0714. The van der Waals surface area contributed by atoms with Crippen molar-refractivity contribution in [1.29, 1.82) is 0 Å². The molecule has 0 aromatic heterocycles. The summed E-state index contributed by atoms with van der Waals surface area (Å²) in [6.45, 7) is 0. The summed E-state index contributed by atoms with van der Waals surface area (Å²) in [5.41, 5.74) is 0.470. The van der Waals surface area contributed by atoms with E-state index in [9.17, 15) is 13.6 Å². The molecule has 0 unspecified atom stereocenters. The molecular weight excluding hydrogens is 258 g/mol. The molecule has 0 radical (unpaired) electrons. The highest BCUT2D eigenvalue weighted by molar-refractivity contribution is 6.30. The Balaban J connectivity index is 2.21. The Bertz CT molecular complexity index is 579. The molecule has 0 amide bonds. The summed E-state index contributed by atoms with van der Waals surface area (Å²) >= 11 is 5.70. The molecule has 0 atom stereocenters. The van der Waals surface area contributed by atoms with E-state index in [1.54, 1.807) is 24.3 Å². The van der Waals surface area contributed by atoms with Crippen LogP contribution in [0.15, 0.2) is 42.5 Å². The van der Waals surface area contributed by atoms with E-state index in [4.69, 9.17) is 11.6 Å². The third kappa shape index (κ3) is 2.93. The van der Waals surface area contributed by atoms with Crippen molar-refractivity contribution in [2.45, 2.75) is 6.42 Å². The lowest BCUT2D eigenvalue weighted by atomic mass is 10.0. The number of hydrogen-bond donors (Lipinski definition) is 0. The van der Waals surface area contributed by atoms with Gasteiger partial charge in [0.25, 0.3) is 0 Å². The van der Waals surface area contributed by atoms with Crippen LogP contribution in [-0.2, 0) is 6.42 Å². The van der Waals surface area contributed by atoms with Crippen molar-refractivity contribution in [3.63, 3.8) is 0 Å².